The Balaban J connectivity index is 2.02. The largest absolute Gasteiger partial charge is 0.355 e. The standard InChI is InChI=1S/C31H40F2N8O2/c1-39(2)19-9-11-29(43)40(3)24-28(42)35-18-7-4-5-10-26-23-36-31(37-27-14-12-25(22-34)13-15-27)38-30(26)41(21-17-33)20-8-6-16-32/h9,11-15,23H,4,6-8,16-21,24H2,1-3H3,(H,35,42)(H,36,37,38)/b11-9+. The zero-order chi connectivity index (χ0) is 31.5. The highest BCUT2D eigenvalue weighted by atomic mass is 19.1. The van der Waals surface area contributed by atoms with Crippen LogP contribution in [0.4, 0.5) is 26.2 Å². The summed E-state index contributed by atoms with van der Waals surface area (Å²) in [7, 11) is 5.37. The molecule has 12 heteroatoms. The minimum Gasteiger partial charge on any atom is -0.355 e. The average molecular weight is 595 g/mol. The van der Waals surface area contributed by atoms with Crippen LogP contribution >= 0.6 is 0 Å². The van der Waals surface area contributed by atoms with Crippen molar-refractivity contribution in [1.82, 2.24) is 25.1 Å². The van der Waals surface area contributed by atoms with Crippen LogP contribution in [-0.4, -0.2) is 98.8 Å². The Bertz CT molecular complexity index is 1300. The van der Waals surface area contributed by atoms with Gasteiger partial charge in [-0.15, -0.1) is 0 Å². The van der Waals surface area contributed by atoms with Crippen LogP contribution in [0.3, 0.4) is 0 Å². The predicted molar refractivity (Wildman–Crippen MR) is 164 cm³/mol. The van der Waals surface area contributed by atoms with Crippen molar-refractivity contribution in [3.63, 3.8) is 0 Å². The normalized spacial score (nSPS) is 10.6. The molecule has 2 amide bonds. The van der Waals surface area contributed by atoms with E-state index in [4.69, 9.17) is 5.26 Å². The highest BCUT2D eigenvalue weighted by Crippen LogP contribution is 2.21. The van der Waals surface area contributed by atoms with E-state index in [1.165, 1.54) is 11.0 Å². The molecule has 1 aromatic carbocycles. The van der Waals surface area contributed by atoms with Crippen LogP contribution in [0.25, 0.3) is 0 Å². The number of alkyl halides is 2. The second kappa shape index (κ2) is 19.5. The summed E-state index contributed by atoms with van der Waals surface area (Å²) in [5, 5.41) is 14.9. The van der Waals surface area contributed by atoms with Crippen molar-refractivity contribution >= 4 is 29.3 Å². The highest BCUT2D eigenvalue weighted by molar-refractivity contribution is 5.91. The Morgan fingerprint density at radius 1 is 1.05 bits per heavy atom. The van der Waals surface area contributed by atoms with Gasteiger partial charge in [-0.05, 0) is 57.6 Å². The Morgan fingerprint density at radius 2 is 1.81 bits per heavy atom. The van der Waals surface area contributed by atoms with Crippen molar-refractivity contribution in [2.75, 3.05) is 77.4 Å². The monoisotopic (exact) mass is 594 g/mol. The smallest absolute Gasteiger partial charge is 0.246 e. The van der Waals surface area contributed by atoms with Gasteiger partial charge in [-0.1, -0.05) is 17.9 Å². The number of likely N-dealkylation sites (N-methyl/N-ethyl adjacent to an activating group) is 2. The van der Waals surface area contributed by atoms with Gasteiger partial charge in [0.2, 0.25) is 17.8 Å². The first-order chi connectivity index (χ1) is 20.8. The molecular weight excluding hydrogens is 554 g/mol. The van der Waals surface area contributed by atoms with Gasteiger partial charge in [0.25, 0.3) is 0 Å². The quantitative estimate of drug-likeness (QED) is 0.163. The lowest BCUT2D eigenvalue weighted by atomic mass is 10.2. The molecule has 10 nitrogen and oxygen atoms in total. The summed E-state index contributed by atoms with van der Waals surface area (Å²) >= 11 is 0. The van der Waals surface area contributed by atoms with E-state index in [9.17, 15) is 18.4 Å². The van der Waals surface area contributed by atoms with Gasteiger partial charge in [0.15, 0.2) is 0 Å². The van der Waals surface area contributed by atoms with Crippen LogP contribution < -0.4 is 15.5 Å². The van der Waals surface area contributed by atoms with Crippen LogP contribution in [0.5, 0.6) is 0 Å². The number of halogens is 2. The summed E-state index contributed by atoms with van der Waals surface area (Å²) in [4.78, 5) is 38.3. The van der Waals surface area contributed by atoms with Crippen molar-refractivity contribution in [3.8, 4) is 17.9 Å². The van der Waals surface area contributed by atoms with Crippen LogP contribution in [0, 0.1) is 23.2 Å². The number of carbonyl (C=O) groups is 2. The number of aromatic nitrogens is 2. The number of benzene rings is 1. The lowest BCUT2D eigenvalue weighted by Crippen LogP contribution is -2.38. The molecule has 0 fully saturated rings. The SMILES string of the molecule is CN(C)C/C=C/C(=O)N(C)CC(=O)NCCCC#Cc1cnc(Nc2ccc(C#N)cc2)nc1N(CCF)CCCCF. The van der Waals surface area contributed by atoms with Crippen LogP contribution in [-0.2, 0) is 9.59 Å². The number of rotatable bonds is 17. The lowest BCUT2D eigenvalue weighted by molar-refractivity contribution is -0.131. The molecule has 1 aromatic heterocycles. The Hall–Kier alpha value is -4.55. The molecule has 0 unspecified atom stereocenters. The van der Waals surface area contributed by atoms with E-state index in [1.807, 2.05) is 19.0 Å². The molecule has 0 bridgehead atoms. The summed E-state index contributed by atoms with van der Waals surface area (Å²) in [6.07, 6.45) is 6.69. The number of nitrogens with one attached hydrogen (secondary N) is 2. The third-order valence-corrected chi connectivity index (χ3v) is 6.02. The molecule has 2 aromatic rings. The summed E-state index contributed by atoms with van der Waals surface area (Å²) < 4.78 is 26.2. The Labute approximate surface area is 252 Å². The average Bonchev–Trinajstić information content (AvgIpc) is 2.99. The predicted octanol–water partition coefficient (Wildman–Crippen LogP) is 3.44. The molecule has 0 saturated carbocycles. The molecule has 0 saturated heterocycles. The van der Waals surface area contributed by atoms with Crippen molar-refractivity contribution in [2.24, 2.45) is 0 Å². The summed E-state index contributed by atoms with van der Waals surface area (Å²) in [5.74, 6) is 6.33. The fourth-order valence-corrected chi connectivity index (χ4v) is 3.75. The summed E-state index contributed by atoms with van der Waals surface area (Å²) in [6.45, 7) is 0.382. The zero-order valence-corrected chi connectivity index (χ0v) is 25.1. The third kappa shape index (κ3) is 13.3. The minimum absolute atomic E-state index is 0.0484. The number of unbranched alkanes of at least 4 members (excludes halogenated alkanes) is 2. The molecule has 0 aliphatic heterocycles. The summed E-state index contributed by atoms with van der Waals surface area (Å²) in [6, 6.07) is 8.86. The first kappa shape index (κ1) is 34.7. The molecule has 1 heterocycles. The minimum atomic E-state index is -0.613. The van der Waals surface area contributed by atoms with Gasteiger partial charge in [-0.3, -0.25) is 14.0 Å². The second-order valence-corrected chi connectivity index (χ2v) is 9.93. The van der Waals surface area contributed by atoms with Crippen molar-refractivity contribution in [2.45, 2.75) is 25.7 Å². The van der Waals surface area contributed by atoms with E-state index in [1.54, 1.807) is 48.5 Å². The second-order valence-electron chi connectivity index (χ2n) is 9.93. The molecule has 0 atom stereocenters. The van der Waals surface area contributed by atoms with E-state index >= 15 is 0 Å². The number of hydrogen-bond donors (Lipinski definition) is 2. The van der Waals surface area contributed by atoms with E-state index in [0.29, 0.717) is 67.9 Å². The van der Waals surface area contributed by atoms with Gasteiger partial charge in [0.1, 0.15) is 12.5 Å². The molecule has 0 aliphatic rings. The molecule has 0 spiro atoms. The van der Waals surface area contributed by atoms with Gasteiger partial charge in [0.05, 0.1) is 36.6 Å². The van der Waals surface area contributed by atoms with Crippen LogP contribution in [0.1, 0.15) is 36.8 Å². The summed E-state index contributed by atoms with van der Waals surface area (Å²) in [5.41, 5.74) is 1.70. The first-order valence-electron chi connectivity index (χ1n) is 14.1. The van der Waals surface area contributed by atoms with E-state index in [2.05, 4.69) is 38.5 Å². The van der Waals surface area contributed by atoms with E-state index < -0.39 is 13.3 Å². The number of amides is 2. The van der Waals surface area contributed by atoms with E-state index in [0.717, 1.165) is 0 Å². The molecule has 230 valence electrons. The maximum Gasteiger partial charge on any atom is 0.246 e. The zero-order valence-electron chi connectivity index (χ0n) is 25.1. The lowest BCUT2D eigenvalue weighted by Gasteiger charge is -2.24. The molecule has 43 heavy (non-hydrogen) atoms. The number of anilines is 3. The maximum atomic E-state index is 13.5. The fraction of sp³-hybridized carbons (Fsp3) is 0.452. The number of hydrogen-bond acceptors (Lipinski definition) is 8. The molecule has 0 aliphatic carbocycles. The van der Waals surface area contributed by atoms with Gasteiger partial charge in [-0.2, -0.15) is 10.2 Å². The van der Waals surface area contributed by atoms with Gasteiger partial charge < -0.3 is 25.3 Å². The third-order valence-electron chi connectivity index (χ3n) is 6.02. The first-order valence-corrected chi connectivity index (χ1v) is 14.1. The van der Waals surface area contributed by atoms with Crippen LogP contribution in [0.15, 0.2) is 42.6 Å². The Morgan fingerprint density at radius 3 is 2.49 bits per heavy atom. The number of nitriles is 1. The highest BCUT2D eigenvalue weighted by Gasteiger charge is 2.15. The van der Waals surface area contributed by atoms with Gasteiger partial charge in [-0.25, -0.2) is 9.37 Å². The van der Waals surface area contributed by atoms with Crippen LogP contribution in [0.2, 0.25) is 0 Å². The number of nitrogens with zero attached hydrogens (tertiary/aromatic N) is 6. The van der Waals surface area contributed by atoms with Gasteiger partial charge in [0, 0.05) is 51.4 Å². The van der Waals surface area contributed by atoms with Crippen molar-refractivity contribution in [1.29, 1.82) is 5.26 Å². The molecule has 2 rings (SSSR count). The van der Waals surface area contributed by atoms with Gasteiger partial charge >= 0.3 is 0 Å². The van der Waals surface area contributed by atoms with E-state index in [-0.39, 0.29) is 30.9 Å². The van der Waals surface area contributed by atoms with Crippen molar-refractivity contribution in [3.05, 3.63) is 53.7 Å². The molecule has 0 radical (unpaired) electrons. The number of carbonyl (C=O) groups excluding carboxylic acids is 2. The maximum absolute atomic E-state index is 13.5. The van der Waals surface area contributed by atoms with Crippen molar-refractivity contribution < 1.29 is 18.4 Å². The Kier molecular flexibility index (Phi) is 15.8. The molecule has 2 N–H and O–H groups in total. The topological polar surface area (TPSA) is 117 Å². The fourth-order valence-electron chi connectivity index (χ4n) is 3.75. The molecular formula is C31H40F2N8O2.